The quantitative estimate of drug-likeness (QED) is 0.727. The van der Waals surface area contributed by atoms with E-state index in [9.17, 15) is 4.79 Å². The number of carbonyl (C=O) groups excluding carboxylic acids is 1. The third-order valence-corrected chi connectivity index (χ3v) is 3.91. The lowest BCUT2D eigenvalue weighted by atomic mass is 10.2. The molecule has 0 atom stereocenters. The summed E-state index contributed by atoms with van der Waals surface area (Å²) in [5.74, 6) is 1.02. The van der Waals surface area contributed by atoms with Crippen LogP contribution in [0.2, 0.25) is 0 Å². The van der Waals surface area contributed by atoms with Crippen LogP contribution in [0.1, 0.15) is 19.2 Å². The van der Waals surface area contributed by atoms with Crippen LogP contribution >= 0.6 is 0 Å². The highest BCUT2D eigenvalue weighted by molar-refractivity contribution is 5.77. The molecule has 0 saturated heterocycles. The van der Waals surface area contributed by atoms with Crippen LogP contribution in [0.5, 0.6) is 0 Å². The zero-order valence-electron chi connectivity index (χ0n) is 13.3. The smallest absolute Gasteiger partial charge is 0.223 e. The van der Waals surface area contributed by atoms with Crippen LogP contribution in [-0.2, 0) is 17.8 Å². The number of amides is 1. The van der Waals surface area contributed by atoms with Gasteiger partial charge in [-0.25, -0.2) is 4.98 Å². The molecule has 2 heterocycles. The summed E-state index contributed by atoms with van der Waals surface area (Å²) in [4.78, 5) is 22.0. The van der Waals surface area contributed by atoms with Crippen molar-refractivity contribution in [3.63, 3.8) is 0 Å². The Morgan fingerprint density at radius 2 is 2.17 bits per heavy atom. The van der Waals surface area contributed by atoms with E-state index in [1.54, 1.807) is 6.20 Å². The molecule has 0 bridgehead atoms. The number of likely N-dealkylation sites (N-methyl/N-ethyl adjacent to an activating group) is 1. The van der Waals surface area contributed by atoms with Crippen molar-refractivity contribution < 1.29 is 4.79 Å². The minimum atomic E-state index is 0.153. The molecule has 0 unspecified atom stereocenters. The molecule has 0 aliphatic heterocycles. The van der Waals surface area contributed by atoms with Crippen LogP contribution in [0.25, 0.3) is 11.0 Å². The number of hydrogen-bond donors (Lipinski definition) is 1. The zero-order chi connectivity index (χ0) is 16.1. The van der Waals surface area contributed by atoms with E-state index in [-0.39, 0.29) is 5.91 Å². The highest BCUT2D eigenvalue weighted by Crippen LogP contribution is 2.11. The minimum Gasteiger partial charge on any atom is -0.342 e. The number of rotatable bonds is 7. The van der Waals surface area contributed by atoms with Crippen molar-refractivity contribution in [2.45, 2.75) is 26.3 Å². The van der Waals surface area contributed by atoms with Crippen molar-refractivity contribution in [1.29, 1.82) is 0 Å². The highest BCUT2D eigenvalue weighted by atomic mass is 16.2. The SMILES string of the molecule is CCN(CCn1cccn1)C(=O)CCc1nc2ccccc2[nH]1. The molecule has 6 heteroatoms. The molecule has 1 aromatic carbocycles. The van der Waals surface area contributed by atoms with Gasteiger partial charge in [0.05, 0.1) is 17.6 Å². The van der Waals surface area contributed by atoms with Gasteiger partial charge in [-0.3, -0.25) is 9.48 Å². The first-order valence-electron chi connectivity index (χ1n) is 7.95. The molecule has 23 heavy (non-hydrogen) atoms. The normalized spacial score (nSPS) is 11.0. The molecule has 6 nitrogen and oxygen atoms in total. The van der Waals surface area contributed by atoms with E-state index in [2.05, 4.69) is 15.1 Å². The van der Waals surface area contributed by atoms with E-state index in [1.165, 1.54) is 0 Å². The van der Waals surface area contributed by atoms with E-state index in [1.807, 2.05) is 53.0 Å². The van der Waals surface area contributed by atoms with Gasteiger partial charge in [-0.2, -0.15) is 5.10 Å². The van der Waals surface area contributed by atoms with Crippen molar-refractivity contribution in [2.24, 2.45) is 0 Å². The Kier molecular flexibility index (Phi) is 4.71. The zero-order valence-corrected chi connectivity index (χ0v) is 13.3. The Labute approximate surface area is 135 Å². The van der Waals surface area contributed by atoms with E-state index in [0.717, 1.165) is 23.4 Å². The number of nitrogens with zero attached hydrogens (tertiary/aromatic N) is 4. The number of aromatic nitrogens is 4. The fraction of sp³-hybridized carbons (Fsp3) is 0.353. The van der Waals surface area contributed by atoms with Gasteiger partial charge >= 0.3 is 0 Å². The van der Waals surface area contributed by atoms with Crippen LogP contribution in [0.15, 0.2) is 42.7 Å². The Hall–Kier alpha value is -2.63. The van der Waals surface area contributed by atoms with Crippen LogP contribution in [0.3, 0.4) is 0 Å². The first-order valence-corrected chi connectivity index (χ1v) is 7.95. The lowest BCUT2D eigenvalue weighted by Crippen LogP contribution is -2.34. The minimum absolute atomic E-state index is 0.153. The number of carbonyl (C=O) groups is 1. The average molecular weight is 311 g/mol. The number of para-hydroxylation sites is 2. The summed E-state index contributed by atoms with van der Waals surface area (Å²) >= 11 is 0. The summed E-state index contributed by atoms with van der Waals surface area (Å²) in [5.41, 5.74) is 1.96. The van der Waals surface area contributed by atoms with Gasteiger partial charge in [0.15, 0.2) is 0 Å². The van der Waals surface area contributed by atoms with Crippen molar-refractivity contribution in [1.82, 2.24) is 24.6 Å². The van der Waals surface area contributed by atoms with Gasteiger partial charge in [0, 0.05) is 38.3 Å². The second-order valence-corrected chi connectivity index (χ2v) is 5.44. The van der Waals surface area contributed by atoms with Gasteiger partial charge in [-0.15, -0.1) is 0 Å². The van der Waals surface area contributed by atoms with Crippen molar-refractivity contribution in [3.8, 4) is 0 Å². The molecule has 0 aliphatic rings. The maximum atomic E-state index is 12.4. The number of aryl methyl sites for hydroxylation is 1. The summed E-state index contributed by atoms with van der Waals surface area (Å²) in [6.07, 6.45) is 4.75. The molecule has 0 spiro atoms. The van der Waals surface area contributed by atoms with Crippen LogP contribution in [0.4, 0.5) is 0 Å². The predicted molar refractivity (Wildman–Crippen MR) is 88.9 cm³/mol. The number of nitrogens with one attached hydrogen (secondary N) is 1. The summed E-state index contributed by atoms with van der Waals surface area (Å²) in [6.45, 7) is 4.11. The first-order chi connectivity index (χ1) is 11.3. The third-order valence-electron chi connectivity index (χ3n) is 3.91. The molecular weight excluding hydrogens is 290 g/mol. The predicted octanol–water partition coefficient (Wildman–Crippen LogP) is 2.24. The lowest BCUT2D eigenvalue weighted by molar-refractivity contribution is -0.131. The number of fused-ring (bicyclic) bond motifs is 1. The lowest BCUT2D eigenvalue weighted by Gasteiger charge is -2.20. The van der Waals surface area contributed by atoms with E-state index in [4.69, 9.17) is 0 Å². The Morgan fingerprint density at radius 1 is 1.30 bits per heavy atom. The van der Waals surface area contributed by atoms with Crippen LogP contribution < -0.4 is 0 Å². The van der Waals surface area contributed by atoms with E-state index >= 15 is 0 Å². The van der Waals surface area contributed by atoms with Crippen molar-refractivity contribution in [2.75, 3.05) is 13.1 Å². The number of hydrogen-bond acceptors (Lipinski definition) is 3. The summed E-state index contributed by atoms with van der Waals surface area (Å²) in [7, 11) is 0. The van der Waals surface area contributed by atoms with Gasteiger partial charge in [0.2, 0.25) is 5.91 Å². The third kappa shape index (κ3) is 3.77. The highest BCUT2D eigenvalue weighted by Gasteiger charge is 2.13. The van der Waals surface area contributed by atoms with Gasteiger partial charge in [-0.1, -0.05) is 12.1 Å². The summed E-state index contributed by atoms with van der Waals surface area (Å²) < 4.78 is 1.84. The van der Waals surface area contributed by atoms with Crippen LogP contribution in [-0.4, -0.2) is 43.6 Å². The number of aromatic amines is 1. The van der Waals surface area contributed by atoms with Gasteiger partial charge < -0.3 is 9.88 Å². The first kappa shape index (κ1) is 15.3. The largest absolute Gasteiger partial charge is 0.342 e. The van der Waals surface area contributed by atoms with Gasteiger partial charge in [0.1, 0.15) is 5.82 Å². The molecule has 120 valence electrons. The average Bonchev–Trinajstić information content (AvgIpc) is 3.22. The molecule has 0 fully saturated rings. The molecular formula is C17H21N5O. The molecule has 3 aromatic rings. The fourth-order valence-electron chi connectivity index (χ4n) is 2.62. The van der Waals surface area contributed by atoms with E-state index < -0.39 is 0 Å². The van der Waals surface area contributed by atoms with Crippen LogP contribution in [0, 0.1) is 0 Å². The topological polar surface area (TPSA) is 66.8 Å². The monoisotopic (exact) mass is 311 g/mol. The number of H-pyrrole nitrogens is 1. The molecule has 3 rings (SSSR count). The Bertz CT molecular complexity index is 729. The van der Waals surface area contributed by atoms with Gasteiger partial charge in [0.25, 0.3) is 0 Å². The van der Waals surface area contributed by atoms with E-state index in [0.29, 0.717) is 25.9 Å². The molecule has 1 N–H and O–H groups in total. The van der Waals surface area contributed by atoms with Gasteiger partial charge in [-0.05, 0) is 25.1 Å². The second-order valence-electron chi connectivity index (χ2n) is 5.44. The molecule has 2 aromatic heterocycles. The maximum Gasteiger partial charge on any atom is 0.223 e. The van der Waals surface area contributed by atoms with Crippen molar-refractivity contribution in [3.05, 3.63) is 48.5 Å². The second kappa shape index (κ2) is 7.09. The fourth-order valence-corrected chi connectivity index (χ4v) is 2.62. The molecule has 0 saturated carbocycles. The maximum absolute atomic E-state index is 12.4. The molecule has 0 radical (unpaired) electrons. The van der Waals surface area contributed by atoms with Crippen molar-refractivity contribution >= 4 is 16.9 Å². The molecule has 1 amide bonds. The molecule has 0 aliphatic carbocycles. The Morgan fingerprint density at radius 3 is 2.91 bits per heavy atom. The standard InChI is InChI=1S/C17H21N5O/c1-2-21(12-13-22-11-5-10-18-22)17(23)9-8-16-19-14-6-3-4-7-15(14)20-16/h3-7,10-11H,2,8-9,12-13H2,1H3,(H,19,20). The number of imidazole rings is 1. The Balaban J connectivity index is 1.54. The number of benzene rings is 1. The summed E-state index contributed by atoms with van der Waals surface area (Å²) in [6, 6.07) is 9.80. The summed E-state index contributed by atoms with van der Waals surface area (Å²) in [5, 5.41) is 4.16.